The van der Waals surface area contributed by atoms with E-state index < -0.39 is 0 Å². The van der Waals surface area contributed by atoms with Crippen LogP contribution in [0.5, 0.6) is 0 Å². The molecular weight excluding hydrogens is 1080 g/mol. The van der Waals surface area contributed by atoms with Crippen LogP contribution in [0.3, 0.4) is 0 Å². The van der Waals surface area contributed by atoms with Gasteiger partial charge in [-0.25, -0.2) is 15.0 Å². The highest BCUT2D eigenvalue weighted by atomic mass is 15.2. The molecule has 0 unspecified atom stereocenters. The van der Waals surface area contributed by atoms with Gasteiger partial charge in [0, 0.05) is 84.2 Å². The Labute approximate surface area is 517 Å². The summed E-state index contributed by atoms with van der Waals surface area (Å²) in [6, 6.07) is 117. The van der Waals surface area contributed by atoms with Gasteiger partial charge in [-0.15, -0.1) is 0 Å². The molecule has 416 valence electrons. The maximum Gasteiger partial charge on any atom is 0.252 e. The predicted molar refractivity (Wildman–Crippen MR) is 370 cm³/mol. The first-order valence-electron chi connectivity index (χ1n) is 30.3. The van der Waals surface area contributed by atoms with Crippen molar-refractivity contribution in [1.82, 2.24) is 19.5 Å². The summed E-state index contributed by atoms with van der Waals surface area (Å²) in [5, 5.41) is 2.25. The van der Waals surface area contributed by atoms with Crippen LogP contribution in [0.4, 0.5) is 51.2 Å². The number of rotatable bonds is 11. The van der Waals surface area contributed by atoms with E-state index in [0.29, 0.717) is 17.5 Å². The first-order chi connectivity index (χ1) is 44.2. The minimum absolute atomic E-state index is 0.0527. The molecule has 0 fully saturated rings. The summed E-state index contributed by atoms with van der Waals surface area (Å²) in [5.74, 6) is 1.77. The van der Waals surface area contributed by atoms with Crippen LogP contribution in [0.25, 0.3) is 83.9 Å². The minimum Gasteiger partial charge on any atom is -0.311 e. The first-order valence-corrected chi connectivity index (χ1v) is 30.3. The molecule has 15 aromatic rings. The zero-order chi connectivity index (χ0) is 58.8. The highest BCUT2D eigenvalue weighted by Gasteiger charge is 2.43. The van der Waals surface area contributed by atoms with E-state index in [1.54, 1.807) is 0 Å². The van der Waals surface area contributed by atoms with Gasteiger partial charge in [-0.05, 0) is 142 Å². The minimum atomic E-state index is 0.0527. The van der Waals surface area contributed by atoms with Crippen molar-refractivity contribution in [3.05, 3.63) is 328 Å². The molecule has 2 aliphatic rings. The highest BCUT2D eigenvalue weighted by Crippen LogP contribution is 2.47. The number of aromatic nitrogens is 4. The van der Waals surface area contributed by atoms with Crippen LogP contribution in [0.15, 0.2) is 328 Å². The molecule has 2 aliphatic heterocycles. The quantitative estimate of drug-likeness (QED) is 0.120. The third-order valence-corrected chi connectivity index (χ3v) is 17.6. The Morgan fingerprint density at radius 2 is 0.730 bits per heavy atom. The standard InChI is InChI=1S/C81H54BN7/c1-6-26-55(27-7-1)79-83-80(56-28-8-2-9-29-56)85-81(84-79)67-42-24-41-65(78(67)89-71-45-19-16-40-66(71)68-54-64(50-51-72(68)89)86(60-33-10-3-11-34-60)61-35-12-4-13-36-61)59-32-22-30-57(52-59)58-31-23-39-63(53-58)88-74-47-21-18-44-70(74)82-69-43-17-20-46-73(69)87(62-37-14-5-15-38-62)75-48-25-49-76(88)77(75)82/h1-54H. The molecule has 0 radical (unpaired) electrons. The highest BCUT2D eigenvalue weighted by molar-refractivity contribution is 7.00. The number of nitrogens with zero attached hydrogens (tertiary/aromatic N) is 7. The molecule has 13 aromatic carbocycles. The van der Waals surface area contributed by atoms with Crippen molar-refractivity contribution in [2.45, 2.75) is 0 Å². The van der Waals surface area contributed by atoms with Crippen LogP contribution in [0.2, 0.25) is 0 Å². The van der Waals surface area contributed by atoms with Gasteiger partial charge >= 0.3 is 0 Å². The lowest BCUT2D eigenvalue weighted by molar-refractivity contribution is 1.06. The second kappa shape index (κ2) is 21.6. The molecule has 0 aliphatic carbocycles. The summed E-state index contributed by atoms with van der Waals surface area (Å²) in [4.78, 5) is 23.3. The summed E-state index contributed by atoms with van der Waals surface area (Å²) in [6.45, 7) is 0.0527. The van der Waals surface area contributed by atoms with Crippen LogP contribution in [0.1, 0.15) is 0 Å². The van der Waals surface area contributed by atoms with Crippen molar-refractivity contribution >= 4 is 96.1 Å². The van der Waals surface area contributed by atoms with Crippen molar-refractivity contribution in [2.24, 2.45) is 0 Å². The summed E-state index contributed by atoms with van der Waals surface area (Å²) in [6.07, 6.45) is 0. The Hall–Kier alpha value is -11.9. The molecule has 8 heteroatoms. The van der Waals surface area contributed by atoms with E-state index in [4.69, 9.17) is 15.0 Å². The van der Waals surface area contributed by atoms with Crippen molar-refractivity contribution < 1.29 is 0 Å². The van der Waals surface area contributed by atoms with E-state index in [0.717, 1.165) is 94.9 Å². The molecule has 4 heterocycles. The molecule has 0 saturated carbocycles. The molecule has 0 amide bonds. The molecule has 0 saturated heterocycles. The zero-order valence-corrected chi connectivity index (χ0v) is 48.4. The second-order valence-electron chi connectivity index (χ2n) is 22.7. The molecule has 2 aromatic heterocycles. The molecule has 0 bridgehead atoms. The summed E-state index contributed by atoms with van der Waals surface area (Å²) < 4.78 is 2.44. The smallest absolute Gasteiger partial charge is 0.252 e. The first kappa shape index (κ1) is 51.5. The number of anilines is 9. The van der Waals surface area contributed by atoms with Gasteiger partial charge in [0.15, 0.2) is 17.5 Å². The molecule has 0 atom stereocenters. The number of para-hydroxylation sites is 7. The third kappa shape index (κ3) is 8.79. The van der Waals surface area contributed by atoms with Crippen LogP contribution < -0.4 is 31.1 Å². The monoisotopic (exact) mass is 1140 g/mol. The fourth-order valence-electron chi connectivity index (χ4n) is 13.7. The third-order valence-electron chi connectivity index (χ3n) is 17.6. The normalized spacial score (nSPS) is 12.2. The van der Waals surface area contributed by atoms with Gasteiger partial charge in [0.1, 0.15) is 0 Å². The van der Waals surface area contributed by atoms with Crippen LogP contribution in [-0.2, 0) is 0 Å². The van der Waals surface area contributed by atoms with Gasteiger partial charge in [-0.2, -0.15) is 0 Å². The molecule has 0 N–H and O–H groups in total. The van der Waals surface area contributed by atoms with Crippen molar-refractivity contribution in [3.63, 3.8) is 0 Å². The number of benzene rings is 13. The molecule has 89 heavy (non-hydrogen) atoms. The zero-order valence-electron chi connectivity index (χ0n) is 48.4. The lowest BCUT2D eigenvalue weighted by atomic mass is 9.33. The lowest BCUT2D eigenvalue weighted by Gasteiger charge is -2.44. The molecule has 7 nitrogen and oxygen atoms in total. The Morgan fingerprint density at radius 3 is 1.38 bits per heavy atom. The van der Waals surface area contributed by atoms with E-state index in [-0.39, 0.29) is 6.71 Å². The maximum absolute atomic E-state index is 5.42. The van der Waals surface area contributed by atoms with Gasteiger partial charge in [-0.1, -0.05) is 218 Å². The second-order valence-corrected chi connectivity index (χ2v) is 22.7. The average molecular weight is 1140 g/mol. The van der Waals surface area contributed by atoms with Gasteiger partial charge < -0.3 is 19.3 Å². The van der Waals surface area contributed by atoms with Crippen LogP contribution in [0, 0.1) is 0 Å². The topological polar surface area (TPSA) is 53.3 Å². The average Bonchev–Trinajstić information content (AvgIpc) is 1.08. The Bertz CT molecular complexity index is 5070. The number of fused-ring (bicyclic) bond motifs is 7. The number of hydrogen-bond acceptors (Lipinski definition) is 6. The largest absolute Gasteiger partial charge is 0.311 e. The van der Waals surface area contributed by atoms with Gasteiger partial charge in [-0.3, -0.25) is 0 Å². The summed E-state index contributed by atoms with van der Waals surface area (Å²) in [5.41, 5.74) is 24.1. The molecule has 0 spiro atoms. The lowest BCUT2D eigenvalue weighted by Crippen LogP contribution is -2.61. The van der Waals surface area contributed by atoms with Crippen molar-refractivity contribution in [1.29, 1.82) is 0 Å². The Balaban J connectivity index is 0.856. The molecule has 17 rings (SSSR count). The van der Waals surface area contributed by atoms with Crippen LogP contribution >= 0.6 is 0 Å². The van der Waals surface area contributed by atoms with Crippen LogP contribution in [-0.4, -0.2) is 26.2 Å². The van der Waals surface area contributed by atoms with Crippen molar-refractivity contribution in [2.75, 3.05) is 14.7 Å². The fraction of sp³-hybridized carbons (Fsp3) is 0. The summed E-state index contributed by atoms with van der Waals surface area (Å²) in [7, 11) is 0. The Morgan fingerprint density at radius 1 is 0.281 bits per heavy atom. The van der Waals surface area contributed by atoms with E-state index >= 15 is 0 Å². The SMILES string of the molecule is c1ccc(-c2nc(-c3ccccc3)nc(-c3cccc(-c4cccc(-c5cccc(N6c7ccccc7B7c8ccccc8N(c8ccccc8)c8cccc6c87)c5)c4)c3-n3c4ccccc4c4cc(N(c5ccccc5)c5ccccc5)ccc43)n2)cc1. The van der Waals surface area contributed by atoms with Gasteiger partial charge in [0.2, 0.25) is 0 Å². The number of hydrogen-bond donors (Lipinski definition) is 0. The van der Waals surface area contributed by atoms with Gasteiger partial charge in [0.25, 0.3) is 6.71 Å². The predicted octanol–water partition coefficient (Wildman–Crippen LogP) is 18.9. The van der Waals surface area contributed by atoms with E-state index in [1.807, 2.05) is 36.4 Å². The molecular formula is C81H54BN7. The van der Waals surface area contributed by atoms with E-state index in [9.17, 15) is 0 Å². The van der Waals surface area contributed by atoms with E-state index in [2.05, 4.69) is 310 Å². The maximum atomic E-state index is 5.42. The summed E-state index contributed by atoms with van der Waals surface area (Å²) >= 11 is 0. The van der Waals surface area contributed by atoms with Gasteiger partial charge in [0.05, 0.1) is 16.7 Å². The van der Waals surface area contributed by atoms with E-state index in [1.165, 1.54) is 39.1 Å². The Kier molecular flexibility index (Phi) is 12.5. The van der Waals surface area contributed by atoms with Crippen molar-refractivity contribution in [3.8, 4) is 62.1 Å². The fourth-order valence-corrected chi connectivity index (χ4v) is 13.7.